The Balaban J connectivity index is 1.94. The second-order valence-electron chi connectivity index (χ2n) is 4.72. The molecular formula is C17H11F2NO. The number of pyridine rings is 1. The van der Waals surface area contributed by atoms with Gasteiger partial charge in [-0.3, -0.25) is 9.78 Å². The Morgan fingerprint density at radius 2 is 1.81 bits per heavy atom. The zero-order valence-corrected chi connectivity index (χ0v) is 11.0. The van der Waals surface area contributed by atoms with Crippen molar-refractivity contribution in [3.8, 4) is 0 Å². The highest BCUT2D eigenvalue weighted by molar-refractivity contribution is 5.99. The van der Waals surface area contributed by atoms with E-state index < -0.39 is 11.6 Å². The minimum Gasteiger partial charge on any atom is -0.294 e. The highest BCUT2D eigenvalue weighted by Crippen LogP contribution is 2.19. The summed E-state index contributed by atoms with van der Waals surface area (Å²) in [5, 5.41) is 0.885. The van der Waals surface area contributed by atoms with E-state index in [1.165, 1.54) is 6.07 Å². The Hall–Kier alpha value is -2.62. The summed E-state index contributed by atoms with van der Waals surface area (Å²) < 4.78 is 26.1. The lowest BCUT2D eigenvalue weighted by Gasteiger charge is -2.06. The number of ketones is 1. The number of halogens is 2. The average molecular weight is 283 g/mol. The number of hydrogen-bond donors (Lipinski definition) is 0. The third kappa shape index (κ3) is 2.65. The first-order valence-electron chi connectivity index (χ1n) is 6.46. The van der Waals surface area contributed by atoms with E-state index in [4.69, 9.17) is 0 Å². The van der Waals surface area contributed by atoms with Crippen molar-refractivity contribution in [3.63, 3.8) is 0 Å². The first-order chi connectivity index (χ1) is 10.1. The summed E-state index contributed by atoms with van der Waals surface area (Å²) >= 11 is 0. The summed E-state index contributed by atoms with van der Waals surface area (Å²) in [6, 6.07) is 12.4. The fraction of sp³-hybridized carbons (Fsp3) is 0.0588. The van der Waals surface area contributed by atoms with Crippen LogP contribution in [-0.4, -0.2) is 10.8 Å². The van der Waals surface area contributed by atoms with Crippen molar-refractivity contribution in [1.29, 1.82) is 0 Å². The first kappa shape index (κ1) is 13.4. The van der Waals surface area contributed by atoms with Crippen LogP contribution in [0.5, 0.6) is 0 Å². The lowest BCUT2D eigenvalue weighted by atomic mass is 10.00. The van der Waals surface area contributed by atoms with E-state index in [1.54, 1.807) is 12.3 Å². The molecule has 2 aromatic carbocycles. The van der Waals surface area contributed by atoms with Crippen LogP contribution in [0.15, 0.2) is 54.7 Å². The molecule has 0 amide bonds. The smallest absolute Gasteiger partial charge is 0.167 e. The van der Waals surface area contributed by atoms with Gasteiger partial charge in [-0.05, 0) is 35.9 Å². The number of carbonyl (C=O) groups excluding carboxylic acids is 1. The van der Waals surface area contributed by atoms with Gasteiger partial charge in [-0.2, -0.15) is 0 Å². The van der Waals surface area contributed by atoms with Gasteiger partial charge in [0.05, 0.1) is 5.52 Å². The Bertz CT molecular complexity index is 825. The van der Waals surface area contributed by atoms with Crippen molar-refractivity contribution in [2.75, 3.05) is 0 Å². The van der Waals surface area contributed by atoms with E-state index in [9.17, 15) is 13.6 Å². The molecule has 0 bridgehead atoms. The van der Waals surface area contributed by atoms with Crippen molar-refractivity contribution in [2.45, 2.75) is 6.42 Å². The molecule has 21 heavy (non-hydrogen) atoms. The van der Waals surface area contributed by atoms with Crippen LogP contribution in [0.1, 0.15) is 15.9 Å². The van der Waals surface area contributed by atoms with Gasteiger partial charge in [-0.15, -0.1) is 0 Å². The zero-order chi connectivity index (χ0) is 14.8. The molecule has 3 rings (SSSR count). The van der Waals surface area contributed by atoms with Gasteiger partial charge in [0.15, 0.2) is 17.4 Å². The topological polar surface area (TPSA) is 30.0 Å². The standard InChI is InChI=1S/C17H11F2NO/c18-14-6-5-12(9-15(14)19)17(21)10-11-7-8-20-16-4-2-1-3-13(11)16/h1-9H,10H2. The number of rotatable bonds is 3. The monoisotopic (exact) mass is 283 g/mol. The molecule has 0 unspecified atom stereocenters. The molecule has 1 heterocycles. The number of benzene rings is 2. The number of aromatic nitrogens is 1. The van der Waals surface area contributed by atoms with Gasteiger partial charge in [0.1, 0.15) is 0 Å². The fourth-order valence-electron chi connectivity index (χ4n) is 2.25. The van der Waals surface area contributed by atoms with Gasteiger partial charge < -0.3 is 0 Å². The summed E-state index contributed by atoms with van der Waals surface area (Å²) in [5.41, 5.74) is 1.78. The van der Waals surface area contributed by atoms with E-state index in [0.29, 0.717) is 0 Å². The summed E-state index contributed by atoms with van der Waals surface area (Å²) in [6.45, 7) is 0. The molecule has 0 aliphatic rings. The normalized spacial score (nSPS) is 10.8. The SMILES string of the molecule is O=C(Cc1ccnc2ccccc12)c1ccc(F)c(F)c1. The quantitative estimate of drug-likeness (QED) is 0.681. The van der Waals surface area contributed by atoms with Crippen LogP contribution >= 0.6 is 0 Å². The van der Waals surface area contributed by atoms with Gasteiger partial charge in [0.25, 0.3) is 0 Å². The molecule has 0 aliphatic carbocycles. The first-order valence-corrected chi connectivity index (χ1v) is 6.46. The third-order valence-corrected chi connectivity index (χ3v) is 3.33. The van der Waals surface area contributed by atoms with Crippen LogP contribution in [0, 0.1) is 11.6 Å². The van der Waals surface area contributed by atoms with Crippen molar-refractivity contribution in [2.24, 2.45) is 0 Å². The number of fused-ring (bicyclic) bond motifs is 1. The van der Waals surface area contributed by atoms with Gasteiger partial charge in [-0.1, -0.05) is 18.2 Å². The molecule has 0 saturated heterocycles. The van der Waals surface area contributed by atoms with Crippen molar-refractivity contribution in [1.82, 2.24) is 4.98 Å². The highest BCUT2D eigenvalue weighted by Gasteiger charge is 2.12. The molecule has 0 fully saturated rings. The maximum Gasteiger partial charge on any atom is 0.167 e. The molecule has 4 heteroatoms. The molecule has 0 radical (unpaired) electrons. The predicted molar refractivity (Wildman–Crippen MR) is 76.1 cm³/mol. The lowest BCUT2D eigenvalue weighted by Crippen LogP contribution is -2.05. The molecule has 2 nitrogen and oxygen atoms in total. The molecule has 0 aliphatic heterocycles. The van der Waals surface area contributed by atoms with Crippen molar-refractivity contribution < 1.29 is 13.6 Å². The molecule has 0 atom stereocenters. The minimum atomic E-state index is -1.01. The maximum atomic E-state index is 13.2. The third-order valence-electron chi connectivity index (χ3n) is 3.33. The predicted octanol–water partition coefficient (Wildman–Crippen LogP) is 3.94. The average Bonchev–Trinajstić information content (AvgIpc) is 2.50. The van der Waals surface area contributed by atoms with E-state index in [1.807, 2.05) is 24.3 Å². The van der Waals surface area contributed by atoms with Crippen LogP contribution in [0.3, 0.4) is 0 Å². The Morgan fingerprint density at radius 1 is 1.00 bits per heavy atom. The zero-order valence-electron chi connectivity index (χ0n) is 11.0. The molecule has 0 saturated carbocycles. The second-order valence-corrected chi connectivity index (χ2v) is 4.72. The summed E-state index contributed by atoms with van der Waals surface area (Å²) in [6.07, 6.45) is 1.75. The molecule has 0 N–H and O–H groups in total. The number of nitrogens with zero attached hydrogens (tertiary/aromatic N) is 1. The van der Waals surface area contributed by atoms with Crippen LogP contribution in [0.25, 0.3) is 10.9 Å². The van der Waals surface area contributed by atoms with Gasteiger partial charge in [0, 0.05) is 23.6 Å². The summed E-state index contributed by atoms with van der Waals surface area (Å²) in [4.78, 5) is 16.4. The minimum absolute atomic E-state index is 0.119. The molecule has 0 spiro atoms. The van der Waals surface area contributed by atoms with E-state index in [0.717, 1.165) is 28.6 Å². The number of hydrogen-bond acceptors (Lipinski definition) is 2. The van der Waals surface area contributed by atoms with E-state index >= 15 is 0 Å². The summed E-state index contributed by atoms with van der Waals surface area (Å²) in [7, 11) is 0. The molecule has 104 valence electrons. The highest BCUT2D eigenvalue weighted by atomic mass is 19.2. The molecule has 3 aromatic rings. The Morgan fingerprint density at radius 3 is 2.62 bits per heavy atom. The number of para-hydroxylation sites is 1. The van der Waals surface area contributed by atoms with Crippen molar-refractivity contribution >= 4 is 16.7 Å². The van der Waals surface area contributed by atoms with Crippen LogP contribution in [-0.2, 0) is 6.42 Å². The number of carbonyl (C=O) groups is 1. The molecule has 1 aromatic heterocycles. The van der Waals surface area contributed by atoms with Gasteiger partial charge in [0.2, 0.25) is 0 Å². The van der Waals surface area contributed by atoms with Gasteiger partial charge in [-0.25, -0.2) is 8.78 Å². The molecular weight excluding hydrogens is 272 g/mol. The largest absolute Gasteiger partial charge is 0.294 e. The van der Waals surface area contributed by atoms with Gasteiger partial charge >= 0.3 is 0 Å². The van der Waals surface area contributed by atoms with Crippen LogP contribution in [0.2, 0.25) is 0 Å². The maximum absolute atomic E-state index is 13.2. The second kappa shape index (κ2) is 5.40. The van der Waals surface area contributed by atoms with E-state index in [2.05, 4.69) is 4.98 Å². The summed E-state index contributed by atoms with van der Waals surface area (Å²) in [5.74, 6) is -2.23. The fourth-order valence-corrected chi connectivity index (χ4v) is 2.25. The Kier molecular flexibility index (Phi) is 3.44. The van der Waals surface area contributed by atoms with E-state index in [-0.39, 0.29) is 17.8 Å². The number of Topliss-reactive ketones (excluding diaryl/α,β-unsaturated/α-hetero) is 1. The van der Waals surface area contributed by atoms with Crippen molar-refractivity contribution in [3.05, 3.63) is 77.5 Å². The lowest BCUT2D eigenvalue weighted by molar-refractivity contribution is 0.0992. The van der Waals surface area contributed by atoms with Crippen LogP contribution < -0.4 is 0 Å². The Labute approximate surface area is 120 Å². The van der Waals surface area contributed by atoms with Crippen LogP contribution in [0.4, 0.5) is 8.78 Å².